The quantitative estimate of drug-likeness (QED) is 0.370. The number of rotatable bonds is 9. The van der Waals surface area contributed by atoms with E-state index >= 15 is 0 Å². The smallest absolute Gasteiger partial charge is 0.341 e. The molecule has 2 aromatic carbocycles. The van der Waals surface area contributed by atoms with E-state index < -0.39 is 26.8 Å². The summed E-state index contributed by atoms with van der Waals surface area (Å²) in [5.74, 6) is -0.504. The van der Waals surface area contributed by atoms with Gasteiger partial charge in [0.2, 0.25) is 0 Å². The van der Waals surface area contributed by atoms with Gasteiger partial charge in [0.25, 0.3) is 0 Å². The Morgan fingerprint density at radius 3 is 2.54 bits per heavy atom. The Hall–Kier alpha value is -2.23. The summed E-state index contributed by atoms with van der Waals surface area (Å²) in [6.07, 6.45) is 4.60. The lowest BCUT2D eigenvalue weighted by Crippen LogP contribution is -2.42. The van der Waals surface area contributed by atoms with Gasteiger partial charge in [0.1, 0.15) is 12.4 Å². The van der Waals surface area contributed by atoms with E-state index in [1.54, 1.807) is 0 Å². The van der Waals surface area contributed by atoms with Crippen molar-refractivity contribution in [3.05, 3.63) is 42.5 Å². The summed E-state index contributed by atoms with van der Waals surface area (Å²) in [7, 11) is -2.48. The molecule has 3 rings (SSSR count). The lowest BCUT2D eigenvalue weighted by Gasteiger charge is -2.34. The molecule has 1 unspecified atom stereocenters. The number of benzene rings is 2. The third-order valence-corrected chi connectivity index (χ3v) is 9.12. The minimum atomic E-state index is -3.66. The highest BCUT2D eigenvalue weighted by Gasteiger charge is 2.40. The zero-order valence-electron chi connectivity index (χ0n) is 21.0. The zero-order chi connectivity index (χ0) is 25.9. The Labute approximate surface area is 212 Å². The number of nitrogens with zero attached hydrogens (tertiary/aromatic N) is 1. The van der Waals surface area contributed by atoms with E-state index in [-0.39, 0.29) is 17.3 Å². The number of unbranched alkanes of at least 4 members (excludes halogenated alkanes) is 1. The lowest BCUT2D eigenvalue weighted by atomic mass is 9.86. The first kappa shape index (κ1) is 27.4. The predicted molar refractivity (Wildman–Crippen MR) is 139 cm³/mol. The summed E-state index contributed by atoms with van der Waals surface area (Å²) in [5.41, 5.74) is -0.792. The molecule has 0 fully saturated rings. The van der Waals surface area contributed by atoms with Crippen LogP contribution in [0.1, 0.15) is 40.0 Å². The Balaban J connectivity index is 2.14. The number of methoxy groups -OCH3 is 1. The van der Waals surface area contributed by atoms with Crippen LogP contribution < -0.4 is 9.64 Å². The molecule has 7 nitrogen and oxygen atoms in total. The monoisotopic (exact) mass is 521 g/mol. The van der Waals surface area contributed by atoms with Gasteiger partial charge in [0, 0.05) is 18.3 Å². The minimum absolute atomic E-state index is 0.0221. The number of thioether (sulfide) groups is 1. The zero-order valence-corrected chi connectivity index (χ0v) is 22.7. The first-order valence-electron chi connectivity index (χ1n) is 11.7. The normalized spacial score (nSPS) is 20.9. The molecule has 9 heteroatoms. The van der Waals surface area contributed by atoms with Crippen molar-refractivity contribution in [1.82, 2.24) is 0 Å². The maximum atomic E-state index is 13.7. The first-order chi connectivity index (χ1) is 16.5. The Morgan fingerprint density at radius 1 is 1.26 bits per heavy atom. The van der Waals surface area contributed by atoms with Crippen molar-refractivity contribution in [2.24, 2.45) is 5.41 Å². The number of anilines is 2. The molecular weight excluding hydrogens is 486 g/mol. The second-order valence-corrected chi connectivity index (χ2v) is 12.4. The highest BCUT2D eigenvalue weighted by molar-refractivity contribution is 7.98. The molecule has 0 aliphatic carbocycles. The van der Waals surface area contributed by atoms with Crippen LogP contribution in [0.3, 0.4) is 0 Å². The summed E-state index contributed by atoms with van der Waals surface area (Å²) in [6.45, 7) is 5.64. The van der Waals surface area contributed by atoms with Gasteiger partial charge in [0.15, 0.2) is 15.4 Å². The SMILES string of the molecule is CCCC[C@]1(C)CN(c2ccccc2)c2cc(SC)c(OCC(C)(O)C(=O)OC)cc2S(=O)(=O)C1. The summed E-state index contributed by atoms with van der Waals surface area (Å²) < 4.78 is 37.9. The number of ether oxygens (including phenoxy) is 2. The molecule has 0 amide bonds. The third-order valence-electron chi connectivity index (χ3n) is 6.29. The summed E-state index contributed by atoms with van der Waals surface area (Å²) >= 11 is 1.41. The number of carbonyl (C=O) groups excluding carboxylic acids is 1. The topological polar surface area (TPSA) is 93.1 Å². The van der Waals surface area contributed by atoms with E-state index in [1.807, 2.05) is 49.6 Å². The maximum absolute atomic E-state index is 13.7. The van der Waals surface area contributed by atoms with Crippen LogP contribution in [0.5, 0.6) is 5.75 Å². The minimum Gasteiger partial charge on any atom is -0.489 e. The van der Waals surface area contributed by atoms with Gasteiger partial charge in [-0.2, -0.15) is 0 Å². The highest BCUT2D eigenvalue weighted by atomic mass is 32.2. The van der Waals surface area contributed by atoms with Gasteiger partial charge >= 0.3 is 5.97 Å². The second kappa shape index (κ2) is 10.8. The van der Waals surface area contributed by atoms with E-state index in [1.165, 1.54) is 31.9 Å². The molecule has 0 saturated heterocycles. The fraction of sp³-hybridized carbons (Fsp3) is 0.500. The number of sulfone groups is 1. The van der Waals surface area contributed by atoms with Gasteiger partial charge in [-0.05, 0) is 43.2 Å². The molecule has 0 bridgehead atoms. The largest absolute Gasteiger partial charge is 0.489 e. The second-order valence-electron chi connectivity index (χ2n) is 9.62. The first-order valence-corrected chi connectivity index (χ1v) is 14.5. The van der Waals surface area contributed by atoms with E-state index in [4.69, 9.17) is 4.74 Å². The molecule has 1 aliphatic heterocycles. The molecule has 0 saturated carbocycles. The van der Waals surface area contributed by atoms with Gasteiger partial charge in [-0.25, -0.2) is 13.2 Å². The van der Waals surface area contributed by atoms with Crippen molar-refractivity contribution in [2.75, 3.05) is 37.2 Å². The Morgan fingerprint density at radius 2 is 1.94 bits per heavy atom. The Kier molecular flexibility index (Phi) is 8.44. The van der Waals surface area contributed by atoms with Gasteiger partial charge in [-0.3, -0.25) is 0 Å². The van der Waals surface area contributed by atoms with Crippen molar-refractivity contribution in [1.29, 1.82) is 0 Å². The predicted octanol–water partition coefficient (Wildman–Crippen LogP) is 4.83. The van der Waals surface area contributed by atoms with Gasteiger partial charge in [-0.1, -0.05) is 44.9 Å². The number of esters is 1. The number of aliphatic hydroxyl groups is 1. The molecular formula is C26H35NO6S2. The van der Waals surface area contributed by atoms with Crippen LogP contribution in [0.2, 0.25) is 0 Å². The number of para-hydroxylation sites is 1. The van der Waals surface area contributed by atoms with Crippen LogP contribution in [0, 0.1) is 5.41 Å². The van der Waals surface area contributed by atoms with Crippen LogP contribution >= 0.6 is 11.8 Å². The van der Waals surface area contributed by atoms with E-state index in [2.05, 4.69) is 16.6 Å². The van der Waals surface area contributed by atoms with Crippen LogP contribution in [0.25, 0.3) is 0 Å². The van der Waals surface area contributed by atoms with E-state index in [0.717, 1.165) is 24.9 Å². The molecule has 0 radical (unpaired) electrons. The van der Waals surface area contributed by atoms with Crippen LogP contribution in [0.15, 0.2) is 52.3 Å². The van der Waals surface area contributed by atoms with Crippen LogP contribution in [0.4, 0.5) is 11.4 Å². The van der Waals surface area contributed by atoms with E-state index in [9.17, 15) is 18.3 Å². The molecule has 1 N–H and O–H groups in total. The molecule has 2 aromatic rings. The molecule has 35 heavy (non-hydrogen) atoms. The fourth-order valence-electron chi connectivity index (χ4n) is 4.40. The molecule has 0 spiro atoms. The Bertz CT molecular complexity index is 1150. The average molecular weight is 522 g/mol. The van der Waals surface area contributed by atoms with Gasteiger partial charge in [-0.15, -0.1) is 11.8 Å². The summed E-state index contributed by atoms with van der Waals surface area (Å²) in [4.78, 5) is 14.9. The number of hydrogen-bond acceptors (Lipinski definition) is 8. The molecule has 1 aliphatic rings. The van der Waals surface area contributed by atoms with Gasteiger partial charge < -0.3 is 19.5 Å². The standard InChI is InChI=1S/C26H35NO6S2/c1-6-7-13-25(2)16-27(19-11-9-8-10-12-19)20-14-22(34-5)21(15-23(20)35(30,31)18-25)33-17-26(3,29)24(28)32-4/h8-12,14-15,29H,6-7,13,16-18H2,1-5H3/t25-,26?/m1/s1. The molecule has 192 valence electrons. The maximum Gasteiger partial charge on any atom is 0.341 e. The van der Waals surface area contributed by atoms with E-state index in [0.29, 0.717) is 22.9 Å². The fourth-order valence-corrected chi connectivity index (χ4v) is 7.03. The van der Waals surface area contributed by atoms with Crippen molar-refractivity contribution in [3.8, 4) is 5.75 Å². The molecule has 0 aromatic heterocycles. The third kappa shape index (κ3) is 6.13. The highest BCUT2D eigenvalue weighted by Crippen LogP contribution is 2.46. The number of carbonyl (C=O) groups is 1. The number of fused-ring (bicyclic) bond motifs is 1. The van der Waals surface area contributed by atoms with Gasteiger partial charge in [0.05, 0.1) is 28.3 Å². The van der Waals surface area contributed by atoms with Crippen LogP contribution in [-0.4, -0.2) is 57.4 Å². The number of hydrogen-bond donors (Lipinski definition) is 1. The molecule has 1 heterocycles. The molecule has 2 atom stereocenters. The van der Waals surface area contributed by atoms with Crippen molar-refractivity contribution in [3.63, 3.8) is 0 Å². The average Bonchev–Trinajstić information content (AvgIpc) is 2.92. The van der Waals surface area contributed by atoms with Crippen LogP contribution in [-0.2, 0) is 19.4 Å². The van der Waals surface area contributed by atoms with Crippen molar-refractivity contribution < 1.29 is 27.8 Å². The van der Waals surface area contributed by atoms with Crippen molar-refractivity contribution in [2.45, 2.75) is 55.4 Å². The van der Waals surface area contributed by atoms with Crippen molar-refractivity contribution >= 4 is 38.9 Å². The lowest BCUT2D eigenvalue weighted by molar-refractivity contribution is -0.163. The summed E-state index contributed by atoms with van der Waals surface area (Å²) in [6, 6.07) is 13.2. The summed E-state index contributed by atoms with van der Waals surface area (Å²) in [5, 5.41) is 10.4.